The number of halogens is 1. The molecule has 0 aliphatic heterocycles. The molecule has 24 heavy (non-hydrogen) atoms. The zero-order valence-corrected chi connectivity index (χ0v) is 14.1. The molecule has 0 atom stereocenters. The lowest BCUT2D eigenvalue weighted by Crippen LogP contribution is -2.38. The zero-order chi connectivity index (χ0) is 17.0. The number of aliphatic imine (C=N–C) groups is 1. The summed E-state index contributed by atoms with van der Waals surface area (Å²) in [6.07, 6.45) is 4.38. The van der Waals surface area contributed by atoms with E-state index in [1.54, 1.807) is 18.3 Å². The van der Waals surface area contributed by atoms with Crippen molar-refractivity contribution in [1.29, 1.82) is 0 Å². The molecule has 0 radical (unpaired) electrons. The monoisotopic (exact) mass is 328 g/mol. The molecule has 0 bridgehead atoms. The summed E-state index contributed by atoms with van der Waals surface area (Å²) in [5.41, 5.74) is 2.07. The fourth-order valence-electron chi connectivity index (χ4n) is 2.36. The molecule has 0 fully saturated rings. The molecule has 1 aromatic heterocycles. The minimum Gasteiger partial charge on any atom is -0.357 e. The second-order valence-electron chi connectivity index (χ2n) is 5.49. The molecule has 0 aliphatic rings. The van der Waals surface area contributed by atoms with Gasteiger partial charge in [-0.05, 0) is 49.6 Å². The number of hydrogen-bond donors (Lipinski definition) is 2. The molecule has 0 saturated heterocycles. The van der Waals surface area contributed by atoms with Crippen LogP contribution in [-0.4, -0.2) is 30.6 Å². The Kier molecular flexibility index (Phi) is 7.74. The standard InChI is InChI=1S/C19H25FN4/c1-2-21-19(24-14-11-18-10-3-4-12-22-18)23-13-6-8-16-7-5-9-17(20)15-16/h3-5,7,9-10,12,15H,2,6,8,11,13-14H2,1H3,(H2,21,23,24). The van der Waals surface area contributed by atoms with Gasteiger partial charge >= 0.3 is 0 Å². The van der Waals surface area contributed by atoms with Crippen molar-refractivity contribution < 1.29 is 4.39 Å². The number of pyridine rings is 1. The van der Waals surface area contributed by atoms with E-state index in [4.69, 9.17) is 0 Å². The average molecular weight is 328 g/mol. The van der Waals surface area contributed by atoms with Crippen molar-refractivity contribution >= 4 is 5.96 Å². The summed E-state index contributed by atoms with van der Waals surface area (Å²) in [5, 5.41) is 6.55. The first-order chi connectivity index (χ1) is 11.8. The Morgan fingerprint density at radius 3 is 2.79 bits per heavy atom. The number of aromatic nitrogens is 1. The third kappa shape index (κ3) is 6.77. The van der Waals surface area contributed by atoms with Gasteiger partial charge in [0.15, 0.2) is 5.96 Å². The number of aryl methyl sites for hydroxylation is 1. The van der Waals surface area contributed by atoms with Gasteiger partial charge in [-0.25, -0.2) is 4.39 Å². The maximum Gasteiger partial charge on any atom is 0.191 e. The molecule has 1 heterocycles. The van der Waals surface area contributed by atoms with Crippen LogP contribution in [0.2, 0.25) is 0 Å². The van der Waals surface area contributed by atoms with E-state index < -0.39 is 0 Å². The summed E-state index contributed by atoms with van der Waals surface area (Å²) < 4.78 is 13.1. The SMILES string of the molecule is CCNC(=NCCCc1cccc(F)c1)NCCc1ccccn1. The van der Waals surface area contributed by atoms with Crippen molar-refractivity contribution in [3.05, 3.63) is 65.7 Å². The van der Waals surface area contributed by atoms with Gasteiger partial charge in [0.25, 0.3) is 0 Å². The summed E-state index contributed by atoms with van der Waals surface area (Å²) in [5.74, 6) is 0.633. The van der Waals surface area contributed by atoms with E-state index in [-0.39, 0.29) is 5.82 Å². The summed E-state index contributed by atoms with van der Waals surface area (Å²) in [7, 11) is 0. The van der Waals surface area contributed by atoms with Crippen LogP contribution in [0.5, 0.6) is 0 Å². The van der Waals surface area contributed by atoms with Gasteiger partial charge in [0.1, 0.15) is 5.82 Å². The van der Waals surface area contributed by atoms with Gasteiger partial charge in [-0.1, -0.05) is 18.2 Å². The molecule has 1 aromatic carbocycles. The van der Waals surface area contributed by atoms with Gasteiger partial charge in [-0.15, -0.1) is 0 Å². The number of guanidine groups is 1. The minimum atomic E-state index is -0.180. The molecular weight excluding hydrogens is 303 g/mol. The van der Waals surface area contributed by atoms with E-state index in [0.29, 0.717) is 6.54 Å². The molecule has 0 spiro atoms. The van der Waals surface area contributed by atoms with Crippen LogP contribution in [0, 0.1) is 5.82 Å². The predicted molar refractivity (Wildman–Crippen MR) is 96.6 cm³/mol. The van der Waals surface area contributed by atoms with Crippen molar-refractivity contribution in [3.8, 4) is 0 Å². The van der Waals surface area contributed by atoms with Crippen LogP contribution in [0.25, 0.3) is 0 Å². The maximum atomic E-state index is 13.1. The lowest BCUT2D eigenvalue weighted by molar-refractivity contribution is 0.624. The van der Waals surface area contributed by atoms with Crippen molar-refractivity contribution in [1.82, 2.24) is 15.6 Å². The molecular formula is C19H25FN4. The van der Waals surface area contributed by atoms with Gasteiger partial charge < -0.3 is 10.6 Å². The number of benzene rings is 1. The molecule has 0 saturated carbocycles. The molecule has 0 unspecified atom stereocenters. The quantitative estimate of drug-likeness (QED) is 0.445. The molecule has 0 amide bonds. The van der Waals surface area contributed by atoms with Crippen molar-refractivity contribution in [2.45, 2.75) is 26.2 Å². The highest BCUT2D eigenvalue weighted by Crippen LogP contribution is 2.06. The molecule has 2 aromatic rings. The van der Waals surface area contributed by atoms with Crippen LogP contribution in [0.1, 0.15) is 24.6 Å². The Morgan fingerprint density at radius 1 is 1.12 bits per heavy atom. The molecule has 0 aliphatic carbocycles. The Labute approximate surface area is 143 Å². The Morgan fingerprint density at radius 2 is 2.04 bits per heavy atom. The summed E-state index contributed by atoms with van der Waals surface area (Å²) in [6.45, 7) is 4.35. The second kappa shape index (κ2) is 10.4. The summed E-state index contributed by atoms with van der Waals surface area (Å²) in [4.78, 5) is 8.87. The first kappa shape index (κ1) is 17.9. The first-order valence-corrected chi connectivity index (χ1v) is 8.44. The summed E-state index contributed by atoms with van der Waals surface area (Å²) >= 11 is 0. The normalized spacial score (nSPS) is 11.3. The number of nitrogens with zero attached hydrogens (tertiary/aromatic N) is 2. The Bertz CT molecular complexity index is 628. The van der Waals surface area contributed by atoms with Crippen molar-refractivity contribution in [2.75, 3.05) is 19.6 Å². The third-order valence-electron chi connectivity index (χ3n) is 3.53. The van der Waals surface area contributed by atoms with Crippen LogP contribution in [0.15, 0.2) is 53.7 Å². The molecule has 4 nitrogen and oxygen atoms in total. The van der Waals surface area contributed by atoms with E-state index >= 15 is 0 Å². The van der Waals surface area contributed by atoms with Gasteiger partial charge in [0, 0.05) is 37.9 Å². The number of hydrogen-bond acceptors (Lipinski definition) is 2. The van der Waals surface area contributed by atoms with Gasteiger partial charge in [0.05, 0.1) is 0 Å². The van der Waals surface area contributed by atoms with Crippen molar-refractivity contribution in [3.63, 3.8) is 0 Å². The molecule has 128 valence electrons. The highest BCUT2D eigenvalue weighted by Gasteiger charge is 1.99. The molecule has 2 N–H and O–H groups in total. The van der Waals surface area contributed by atoms with Crippen LogP contribution in [-0.2, 0) is 12.8 Å². The van der Waals surface area contributed by atoms with E-state index in [1.165, 1.54) is 6.07 Å². The van der Waals surface area contributed by atoms with Gasteiger partial charge in [-0.3, -0.25) is 9.98 Å². The minimum absolute atomic E-state index is 0.180. The fraction of sp³-hybridized carbons (Fsp3) is 0.368. The van der Waals surface area contributed by atoms with Crippen LogP contribution in [0.3, 0.4) is 0 Å². The average Bonchev–Trinajstić information content (AvgIpc) is 2.60. The van der Waals surface area contributed by atoms with E-state index in [2.05, 4.69) is 20.6 Å². The highest BCUT2D eigenvalue weighted by atomic mass is 19.1. The Balaban J connectivity index is 1.73. The first-order valence-electron chi connectivity index (χ1n) is 8.44. The van der Waals surface area contributed by atoms with Crippen LogP contribution < -0.4 is 10.6 Å². The molecule has 2 rings (SSSR count). The second-order valence-corrected chi connectivity index (χ2v) is 5.49. The van der Waals surface area contributed by atoms with Crippen molar-refractivity contribution in [2.24, 2.45) is 4.99 Å². The molecule has 5 heteroatoms. The smallest absolute Gasteiger partial charge is 0.191 e. The van der Waals surface area contributed by atoms with Gasteiger partial charge in [-0.2, -0.15) is 0 Å². The van der Waals surface area contributed by atoms with E-state index in [9.17, 15) is 4.39 Å². The number of nitrogens with one attached hydrogen (secondary N) is 2. The van der Waals surface area contributed by atoms with Crippen LogP contribution >= 0.6 is 0 Å². The Hall–Kier alpha value is -2.43. The lowest BCUT2D eigenvalue weighted by atomic mass is 10.1. The van der Waals surface area contributed by atoms with E-state index in [1.807, 2.05) is 31.2 Å². The lowest BCUT2D eigenvalue weighted by Gasteiger charge is -2.11. The topological polar surface area (TPSA) is 49.3 Å². The largest absolute Gasteiger partial charge is 0.357 e. The summed E-state index contributed by atoms with van der Waals surface area (Å²) in [6, 6.07) is 12.7. The van der Waals surface area contributed by atoms with Gasteiger partial charge in [0.2, 0.25) is 0 Å². The number of rotatable bonds is 8. The zero-order valence-electron chi connectivity index (χ0n) is 14.1. The fourth-order valence-corrected chi connectivity index (χ4v) is 2.36. The van der Waals surface area contributed by atoms with Crippen LogP contribution in [0.4, 0.5) is 4.39 Å². The predicted octanol–water partition coefficient (Wildman–Crippen LogP) is 2.95. The van der Waals surface area contributed by atoms with E-state index in [0.717, 1.165) is 49.6 Å². The maximum absolute atomic E-state index is 13.1. The third-order valence-corrected chi connectivity index (χ3v) is 3.53. The highest BCUT2D eigenvalue weighted by molar-refractivity contribution is 5.79.